The highest BCUT2D eigenvalue weighted by molar-refractivity contribution is 5.78. The number of nitrogens with two attached hydrogens (primary N) is 1. The van der Waals surface area contributed by atoms with Crippen LogP contribution in [0.25, 0.3) is 0 Å². The van der Waals surface area contributed by atoms with Gasteiger partial charge < -0.3 is 30.0 Å². The summed E-state index contributed by atoms with van der Waals surface area (Å²) in [4.78, 5) is 45.5. The zero-order valence-electron chi connectivity index (χ0n) is 15.1. The maximum Gasteiger partial charge on any atom is 0.303 e. The Balaban J connectivity index is 5.55. The summed E-state index contributed by atoms with van der Waals surface area (Å²) < 4.78 is 20.6. The normalized spacial score (nSPS) is 15.3. The molecule has 0 heterocycles. The summed E-state index contributed by atoms with van der Waals surface area (Å²) in [5, 5.41) is 2.54. The second-order valence-electron chi connectivity index (χ2n) is 5.29. The Morgan fingerprint density at radius 2 is 1.48 bits per heavy atom. The Bertz CT molecular complexity index is 482. The van der Waals surface area contributed by atoms with Crippen molar-refractivity contribution >= 4 is 23.8 Å². The molecule has 0 saturated carbocycles. The van der Waals surface area contributed by atoms with Crippen LogP contribution in [-0.2, 0) is 38.1 Å². The predicted octanol–water partition coefficient (Wildman–Crippen LogP) is -1.11. The smallest absolute Gasteiger partial charge is 0.303 e. The first-order chi connectivity index (χ1) is 11.6. The van der Waals surface area contributed by atoms with Crippen LogP contribution in [0.1, 0.15) is 27.7 Å². The first kappa shape index (κ1) is 22.8. The Hall–Kier alpha value is -2.20. The molecule has 3 unspecified atom stereocenters. The largest absolute Gasteiger partial charge is 0.463 e. The van der Waals surface area contributed by atoms with E-state index in [1.54, 1.807) is 6.92 Å². The van der Waals surface area contributed by atoms with Crippen molar-refractivity contribution in [2.75, 3.05) is 20.3 Å². The molecule has 0 bridgehead atoms. The molecule has 0 radical (unpaired) electrons. The maximum absolute atomic E-state index is 11.5. The van der Waals surface area contributed by atoms with Gasteiger partial charge in [0, 0.05) is 27.9 Å². The van der Waals surface area contributed by atoms with E-state index in [0.29, 0.717) is 0 Å². The molecule has 10 heteroatoms. The molecule has 0 aromatic rings. The molecule has 0 fully saturated rings. The molecule has 0 aromatic carbocycles. The highest BCUT2D eigenvalue weighted by Gasteiger charge is 2.39. The Labute approximate surface area is 146 Å². The summed E-state index contributed by atoms with van der Waals surface area (Å²) in [5.74, 6) is -2.36. The first-order valence-electron chi connectivity index (χ1n) is 7.62. The van der Waals surface area contributed by atoms with Crippen molar-refractivity contribution in [2.45, 2.75) is 52.0 Å². The van der Waals surface area contributed by atoms with Gasteiger partial charge in [0.1, 0.15) is 12.7 Å². The summed E-state index contributed by atoms with van der Waals surface area (Å²) in [7, 11) is 1.32. The molecule has 25 heavy (non-hydrogen) atoms. The lowest BCUT2D eigenvalue weighted by Gasteiger charge is -2.34. The number of rotatable bonds is 10. The number of carbonyl (C=O) groups is 4. The molecule has 3 N–H and O–H groups in total. The first-order valence-corrected chi connectivity index (χ1v) is 7.62. The third-order valence-corrected chi connectivity index (χ3v) is 3.11. The van der Waals surface area contributed by atoms with Gasteiger partial charge in [-0.15, -0.1) is 0 Å². The quantitative estimate of drug-likeness (QED) is 0.365. The van der Waals surface area contributed by atoms with Gasteiger partial charge in [-0.2, -0.15) is 0 Å². The van der Waals surface area contributed by atoms with Crippen LogP contribution in [0.2, 0.25) is 0 Å². The van der Waals surface area contributed by atoms with Crippen molar-refractivity contribution in [3.8, 4) is 0 Å². The summed E-state index contributed by atoms with van der Waals surface area (Å²) >= 11 is 0. The van der Waals surface area contributed by atoms with E-state index in [0.717, 1.165) is 0 Å². The zero-order valence-corrected chi connectivity index (χ0v) is 15.1. The van der Waals surface area contributed by atoms with E-state index in [1.807, 2.05) is 0 Å². The average Bonchev–Trinajstić information content (AvgIpc) is 2.50. The molecule has 0 aliphatic carbocycles. The summed E-state index contributed by atoms with van der Waals surface area (Å²) in [6.07, 6.45) is -3.13. The standard InChI is InChI=1S/C15H26N2O8/c1-8(17-13(21)6-16)14(24-10(3)19)15(25-11(4)20)12(22-5)7-23-9(2)18/h8,12,14-15H,6-7,16H2,1-5H3,(H,17,21)/t8-,12?,14?,15?/m1/s1. The topological polar surface area (TPSA) is 143 Å². The van der Waals surface area contributed by atoms with Crippen LogP contribution in [0.5, 0.6) is 0 Å². The lowest BCUT2D eigenvalue weighted by atomic mass is 10.0. The molecule has 4 atom stereocenters. The van der Waals surface area contributed by atoms with Crippen molar-refractivity contribution in [2.24, 2.45) is 5.73 Å². The molecular formula is C15H26N2O8. The van der Waals surface area contributed by atoms with Crippen LogP contribution >= 0.6 is 0 Å². The third-order valence-electron chi connectivity index (χ3n) is 3.11. The van der Waals surface area contributed by atoms with E-state index in [-0.39, 0.29) is 13.2 Å². The van der Waals surface area contributed by atoms with Gasteiger partial charge in [0.05, 0.1) is 12.6 Å². The minimum atomic E-state index is -1.13. The number of hydrogen-bond acceptors (Lipinski definition) is 9. The molecule has 1 amide bonds. The predicted molar refractivity (Wildman–Crippen MR) is 85.2 cm³/mol. The molecule has 144 valence electrons. The van der Waals surface area contributed by atoms with Crippen molar-refractivity contribution in [3.05, 3.63) is 0 Å². The van der Waals surface area contributed by atoms with Crippen LogP contribution in [0, 0.1) is 0 Å². The number of hydrogen-bond donors (Lipinski definition) is 2. The summed E-state index contributed by atoms with van der Waals surface area (Å²) in [6.45, 7) is 4.59. The number of amides is 1. The molecule has 0 saturated heterocycles. The van der Waals surface area contributed by atoms with E-state index < -0.39 is 48.2 Å². The van der Waals surface area contributed by atoms with E-state index in [9.17, 15) is 19.2 Å². The Morgan fingerprint density at radius 1 is 0.960 bits per heavy atom. The number of methoxy groups -OCH3 is 1. The average molecular weight is 362 g/mol. The highest BCUT2D eigenvalue weighted by atomic mass is 16.6. The second-order valence-corrected chi connectivity index (χ2v) is 5.29. The Kier molecular flexibility index (Phi) is 10.4. The van der Waals surface area contributed by atoms with Gasteiger partial charge in [-0.1, -0.05) is 0 Å². The van der Waals surface area contributed by atoms with Crippen LogP contribution in [-0.4, -0.2) is 68.4 Å². The zero-order chi connectivity index (χ0) is 19.6. The van der Waals surface area contributed by atoms with Gasteiger partial charge in [0.2, 0.25) is 5.91 Å². The molecule has 10 nitrogen and oxygen atoms in total. The molecule has 0 spiro atoms. The fourth-order valence-electron chi connectivity index (χ4n) is 2.08. The monoisotopic (exact) mass is 362 g/mol. The SMILES string of the molecule is COC(COC(C)=O)C(OC(C)=O)C(OC(C)=O)[C@@H](C)NC(=O)CN. The minimum absolute atomic E-state index is 0.237. The van der Waals surface area contributed by atoms with Crippen LogP contribution in [0.4, 0.5) is 0 Å². The van der Waals surface area contributed by atoms with Gasteiger partial charge in [0.15, 0.2) is 12.2 Å². The summed E-state index contributed by atoms with van der Waals surface area (Å²) in [5.41, 5.74) is 5.26. The molecule has 0 aromatic heterocycles. The number of carbonyl (C=O) groups excluding carboxylic acids is 4. The van der Waals surface area contributed by atoms with Gasteiger partial charge in [-0.25, -0.2) is 0 Å². The summed E-state index contributed by atoms with van der Waals surface area (Å²) in [6, 6.07) is -0.751. The van der Waals surface area contributed by atoms with Gasteiger partial charge in [-0.3, -0.25) is 19.2 Å². The molecule has 0 aliphatic rings. The minimum Gasteiger partial charge on any atom is -0.463 e. The highest BCUT2D eigenvalue weighted by Crippen LogP contribution is 2.17. The van der Waals surface area contributed by atoms with Gasteiger partial charge in [0.25, 0.3) is 0 Å². The lowest BCUT2D eigenvalue weighted by molar-refractivity contribution is -0.185. The van der Waals surface area contributed by atoms with Gasteiger partial charge >= 0.3 is 17.9 Å². The van der Waals surface area contributed by atoms with Crippen molar-refractivity contribution in [3.63, 3.8) is 0 Å². The van der Waals surface area contributed by atoms with Crippen LogP contribution in [0.3, 0.4) is 0 Å². The van der Waals surface area contributed by atoms with E-state index in [4.69, 9.17) is 24.7 Å². The Morgan fingerprint density at radius 3 is 1.88 bits per heavy atom. The van der Waals surface area contributed by atoms with Crippen molar-refractivity contribution in [1.82, 2.24) is 5.32 Å². The van der Waals surface area contributed by atoms with Gasteiger partial charge in [-0.05, 0) is 6.92 Å². The fraction of sp³-hybridized carbons (Fsp3) is 0.733. The van der Waals surface area contributed by atoms with Crippen molar-refractivity contribution in [1.29, 1.82) is 0 Å². The fourth-order valence-corrected chi connectivity index (χ4v) is 2.08. The van der Waals surface area contributed by atoms with Crippen molar-refractivity contribution < 1.29 is 38.1 Å². The molecular weight excluding hydrogens is 336 g/mol. The number of nitrogens with one attached hydrogen (secondary N) is 1. The number of ether oxygens (including phenoxy) is 4. The molecule has 0 rings (SSSR count). The van der Waals surface area contributed by atoms with E-state index >= 15 is 0 Å². The maximum atomic E-state index is 11.5. The van der Waals surface area contributed by atoms with E-state index in [1.165, 1.54) is 27.9 Å². The molecule has 0 aliphatic heterocycles. The third kappa shape index (κ3) is 9.01. The van der Waals surface area contributed by atoms with Crippen LogP contribution in [0.15, 0.2) is 0 Å². The lowest BCUT2D eigenvalue weighted by Crippen LogP contribution is -2.55. The van der Waals surface area contributed by atoms with Crippen LogP contribution < -0.4 is 11.1 Å². The van der Waals surface area contributed by atoms with E-state index in [2.05, 4.69) is 5.32 Å². The second kappa shape index (κ2) is 11.4. The number of esters is 3.